The lowest BCUT2D eigenvalue weighted by Crippen LogP contribution is -3.14. The van der Waals surface area contributed by atoms with Crippen molar-refractivity contribution in [3.8, 4) is 0 Å². The van der Waals surface area contributed by atoms with Crippen molar-refractivity contribution in [3.05, 3.63) is 79.9 Å². The van der Waals surface area contributed by atoms with E-state index in [1.165, 1.54) is 34.3 Å². The maximum atomic E-state index is 14.8. The number of benzene rings is 2. The standard InChI is InChI=1S/2C19H22FN3O3.C2H2O4.6H2O/c2*1-2-21-5-7-22(8-6-21)17-10-16-13(9-15(17)20)18(24)14(19(25)26)11-23(16)12-3-4-12;3-1(4)2(5)6;;;;;;/h2*9-12H,2-8H2,1H3,(H,25,26);(H,3,4)(H,5,6);6*1H2. The molecule has 0 spiro atoms. The zero-order valence-corrected chi connectivity index (χ0v) is 35.2. The van der Waals surface area contributed by atoms with Crippen LogP contribution in [0.4, 0.5) is 20.2 Å². The van der Waals surface area contributed by atoms with Crippen LogP contribution in [0.5, 0.6) is 0 Å². The van der Waals surface area contributed by atoms with Crippen molar-refractivity contribution in [1.82, 2.24) is 9.13 Å². The number of halogens is 2. The van der Waals surface area contributed by atoms with Gasteiger partial charge >= 0.3 is 11.9 Å². The minimum Gasteiger partial charge on any atom is -0.543 e. The lowest BCUT2D eigenvalue weighted by molar-refractivity contribution is -0.898. The number of carboxylic acid groups (broad SMARTS) is 4. The van der Waals surface area contributed by atoms with E-state index in [1.54, 1.807) is 12.1 Å². The molecule has 4 aromatic rings. The van der Waals surface area contributed by atoms with E-state index in [4.69, 9.17) is 19.8 Å². The van der Waals surface area contributed by atoms with E-state index < -0.39 is 46.4 Å². The predicted molar refractivity (Wildman–Crippen MR) is 225 cm³/mol. The Morgan fingerprint density at radius 3 is 1.12 bits per heavy atom. The topological polar surface area (TPSA) is 403 Å². The zero-order chi connectivity index (χ0) is 42.0. The van der Waals surface area contributed by atoms with Crippen molar-refractivity contribution in [1.29, 1.82) is 0 Å². The Morgan fingerprint density at radius 2 is 0.891 bits per heavy atom. The lowest BCUT2D eigenvalue weighted by atomic mass is 10.1. The number of pyridine rings is 2. The highest BCUT2D eigenvalue weighted by Crippen LogP contribution is 2.39. The zero-order valence-electron chi connectivity index (χ0n) is 35.2. The summed E-state index contributed by atoms with van der Waals surface area (Å²) in [6.07, 6.45) is 6.63. The molecule has 0 unspecified atom stereocenters. The SMILES string of the molecule is CC[NH+]1CCN(c2cc3c(cc2F)c(=O)c(C(=O)O)cn3C2CC2)CC1.CC[NH+]1CCN(c2cc3c(cc2F)c(=O)c(C(=O)O)cn3C2CC2)CC1.O.O.O.O.O.O.O=C([O-])C(=O)[O-]. The number of hydrogen-bond donors (Lipinski definition) is 4. The largest absolute Gasteiger partial charge is 0.543 e. The molecule has 2 aromatic heterocycles. The number of nitrogens with one attached hydrogen (secondary N) is 2. The Morgan fingerprint density at radius 1 is 0.594 bits per heavy atom. The number of carboxylic acids is 4. The first-order valence-electron chi connectivity index (χ1n) is 19.5. The molecular weight excluding hydrogens is 858 g/mol. The molecule has 4 aliphatic rings. The number of rotatable bonds is 8. The van der Waals surface area contributed by atoms with E-state index in [-0.39, 0.29) is 66.8 Å². The summed E-state index contributed by atoms with van der Waals surface area (Å²) in [4.78, 5) is 72.7. The van der Waals surface area contributed by atoms with Crippen LogP contribution in [0.2, 0.25) is 0 Å². The molecule has 24 heteroatoms. The first-order valence-corrected chi connectivity index (χ1v) is 19.5. The van der Waals surface area contributed by atoms with Gasteiger partial charge in [-0.25, -0.2) is 18.4 Å². The summed E-state index contributed by atoms with van der Waals surface area (Å²) < 4.78 is 33.3. The van der Waals surface area contributed by atoms with Crippen LogP contribution in [0.1, 0.15) is 72.3 Å². The van der Waals surface area contributed by atoms with Gasteiger partial charge in [-0.3, -0.25) is 9.59 Å². The highest BCUT2D eigenvalue weighted by atomic mass is 19.1. The number of likely N-dealkylation sites (N-methyl/N-ethyl adjacent to an activating group) is 2. The van der Waals surface area contributed by atoms with Gasteiger partial charge in [-0.15, -0.1) is 0 Å². The van der Waals surface area contributed by atoms with E-state index >= 15 is 0 Å². The number of carbonyl (C=O) groups excluding carboxylic acids is 2. The van der Waals surface area contributed by atoms with Gasteiger partial charge in [-0.2, -0.15) is 0 Å². The van der Waals surface area contributed by atoms with Gasteiger partial charge in [0.1, 0.15) is 22.8 Å². The fourth-order valence-corrected chi connectivity index (χ4v) is 7.65. The number of aliphatic carboxylic acids is 2. The van der Waals surface area contributed by atoms with Gasteiger partial charge in [0.05, 0.1) is 99.8 Å². The van der Waals surface area contributed by atoms with Crippen LogP contribution in [0.3, 0.4) is 0 Å². The Balaban J connectivity index is 0.00000102. The second-order valence-corrected chi connectivity index (χ2v) is 15.0. The van der Waals surface area contributed by atoms with Gasteiger partial charge in [0.15, 0.2) is 0 Å². The molecule has 4 heterocycles. The van der Waals surface area contributed by atoms with Crippen LogP contribution in [0, 0.1) is 11.6 Å². The molecule has 0 amide bonds. The molecule has 8 rings (SSSR count). The summed E-state index contributed by atoms with van der Waals surface area (Å²) in [7, 11) is 0. The smallest absolute Gasteiger partial charge is 0.341 e. The number of nitrogens with zero attached hydrogens (tertiary/aromatic N) is 4. The summed E-state index contributed by atoms with van der Waals surface area (Å²) in [5, 5.41) is 36.8. The van der Waals surface area contributed by atoms with Crippen molar-refractivity contribution in [2.75, 3.05) is 75.2 Å². The summed E-state index contributed by atoms with van der Waals surface area (Å²) in [5.41, 5.74) is 0.445. The molecule has 64 heavy (non-hydrogen) atoms. The van der Waals surface area contributed by atoms with E-state index in [2.05, 4.69) is 13.8 Å². The van der Waals surface area contributed by atoms with Crippen LogP contribution in [-0.2, 0) is 9.59 Å². The van der Waals surface area contributed by atoms with E-state index in [0.717, 1.165) is 91.1 Å². The van der Waals surface area contributed by atoms with Crippen molar-refractivity contribution < 1.29 is 91.0 Å². The molecule has 2 aliphatic carbocycles. The Kier molecular flexibility index (Phi) is 21.8. The number of quaternary nitrogens is 2. The van der Waals surface area contributed by atoms with Gasteiger partial charge in [0.2, 0.25) is 10.9 Å². The molecular formula is C40H58F2N6O16. The molecule has 2 aliphatic heterocycles. The van der Waals surface area contributed by atoms with Crippen molar-refractivity contribution in [2.45, 2.75) is 51.6 Å². The fourth-order valence-electron chi connectivity index (χ4n) is 7.65. The van der Waals surface area contributed by atoms with E-state index in [0.29, 0.717) is 22.4 Å². The number of hydrogen-bond acceptors (Lipinski definition) is 10. The third-order valence-electron chi connectivity index (χ3n) is 11.3. The van der Waals surface area contributed by atoms with Gasteiger partial charge < -0.3 is 91.6 Å². The van der Waals surface area contributed by atoms with Gasteiger partial charge in [0.25, 0.3) is 0 Å². The number of fused-ring (bicyclic) bond motifs is 2. The minimum atomic E-state index is -2.19. The summed E-state index contributed by atoms with van der Waals surface area (Å²) in [5.74, 6) is -7.83. The summed E-state index contributed by atoms with van der Waals surface area (Å²) in [6, 6.07) is 6.28. The molecule has 358 valence electrons. The Hall–Kier alpha value is -6.12. The maximum absolute atomic E-state index is 14.8. The summed E-state index contributed by atoms with van der Waals surface area (Å²) >= 11 is 0. The molecule has 0 radical (unpaired) electrons. The van der Waals surface area contributed by atoms with Crippen LogP contribution in [0.25, 0.3) is 21.8 Å². The first-order chi connectivity index (χ1) is 27.6. The van der Waals surface area contributed by atoms with Crippen LogP contribution >= 0.6 is 0 Å². The van der Waals surface area contributed by atoms with Gasteiger partial charge in [-0.05, 0) is 63.8 Å². The molecule has 4 fully saturated rings. The molecule has 2 saturated heterocycles. The highest BCUT2D eigenvalue weighted by Gasteiger charge is 2.30. The maximum Gasteiger partial charge on any atom is 0.341 e. The number of piperazine rings is 2. The number of carbonyl (C=O) groups is 4. The quantitative estimate of drug-likeness (QED) is 0.120. The third kappa shape index (κ3) is 12.5. The van der Waals surface area contributed by atoms with Crippen molar-refractivity contribution >= 4 is 57.1 Å². The molecule has 2 saturated carbocycles. The molecule has 0 atom stereocenters. The third-order valence-corrected chi connectivity index (χ3v) is 11.3. The highest BCUT2D eigenvalue weighted by molar-refractivity contribution is 6.25. The number of aromatic carboxylic acids is 2. The van der Waals surface area contributed by atoms with E-state index in [9.17, 15) is 38.2 Å². The second-order valence-electron chi connectivity index (χ2n) is 15.0. The van der Waals surface area contributed by atoms with Gasteiger partial charge in [0, 0.05) is 35.2 Å². The van der Waals surface area contributed by atoms with Gasteiger partial charge in [-0.1, -0.05) is 0 Å². The van der Waals surface area contributed by atoms with Crippen molar-refractivity contribution in [3.63, 3.8) is 0 Å². The monoisotopic (exact) mass is 916 g/mol. The average Bonchev–Trinajstić information content (AvgIpc) is 4.14. The predicted octanol–water partition coefficient (Wildman–Crippen LogP) is -6.66. The molecule has 16 N–H and O–H groups in total. The fraction of sp³-hybridized carbons (Fsp3) is 0.450. The Bertz CT molecular complexity index is 2220. The number of anilines is 2. The normalized spacial score (nSPS) is 15.7. The number of aromatic nitrogens is 2. The second kappa shape index (κ2) is 24.1. The van der Waals surface area contributed by atoms with E-state index in [1.807, 2.05) is 18.9 Å². The van der Waals surface area contributed by atoms with Crippen LogP contribution in [0.15, 0.2) is 46.2 Å². The lowest BCUT2D eigenvalue weighted by Gasteiger charge is -2.33. The van der Waals surface area contributed by atoms with Crippen LogP contribution in [-0.4, -0.2) is 142 Å². The summed E-state index contributed by atoms with van der Waals surface area (Å²) in [6.45, 7) is 13.3. The first kappa shape index (κ1) is 57.9. The van der Waals surface area contributed by atoms with Crippen LogP contribution < -0.4 is 40.7 Å². The molecule has 22 nitrogen and oxygen atoms in total. The molecule has 0 bridgehead atoms. The Labute approximate surface area is 363 Å². The van der Waals surface area contributed by atoms with Crippen molar-refractivity contribution in [2.24, 2.45) is 0 Å². The minimum absolute atomic E-state index is 0. The molecule has 2 aromatic carbocycles. The average molecular weight is 917 g/mol.